The predicted molar refractivity (Wildman–Crippen MR) is 79.2 cm³/mol. The van der Waals surface area contributed by atoms with Gasteiger partial charge < -0.3 is 15.0 Å². The van der Waals surface area contributed by atoms with Crippen LogP contribution in [-0.4, -0.2) is 43.7 Å². The van der Waals surface area contributed by atoms with Crippen molar-refractivity contribution in [1.29, 1.82) is 0 Å². The van der Waals surface area contributed by atoms with E-state index in [0.29, 0.717) is 6.10 Å². The molecule has 3 rings (SSSR count). The Morgan fingerprint density at radius 1 is 1.35 bits per heavy atom. The van der Waals surface area contributed by atoms with E-state index >= 15 is 0 Å². The quantitative estimate of drug-likeness (QED) is 0.899. The Morgan fingerprint density at radius 2 is 2.15 bits per heavy atom. The zero-order valence-electron chi connectivity index (χ0n) is 12.0. The first-order valence-corrected chi connectivity index (χ1v) is 7.47. The molecule has 0 aliphatic carbocycles. The average molecular weight is 274 g/mol. The van der Waals surface area contributed by atoms with E-state index in [4.69, 9.17) is 4.74 Å². The molecule has 4 heteroatoms. The fourth-order valence-electron chi connectivity index (χ4n) is 3.09. The first kappa shape index (κ1) is 13.4. The van der Waals surface area contributed by atoms with E-state index in [1.54, 1.807) is 7.11 Å². The maximum atomic E-state index is 12.5. The molecule has 0 aromatic heterocycles. The molecule has 0 atom stereocenters. The largest absolute Gasteiger partial charge is 0.385 e. The fourth-order valence-corrected chi connectivity index (χ4v) is 3.09. The molecular formula is C16H22N2O2. The van der Waals surface area contributed by atoms with Crippen LogP contribution in [0.1, 0.15) is 35.2 Å². The number of benzene rings is 1. The van der Waals surface area contributed by atoms with Crippen LogP contribution in [0.25, 0.3) is 0 Å². The second-order valence-corrected chi connectivity index (χ2v) is 5.63. The van der Waals surface area contributed by atoms with E-state index in [0.717, 1.165) is 50.9 Å². The molecule has 0 saturated carbocycles. The lowest BCUT2D eigenvalue weighted by molar-refractivity contribution is 0.0351. The van der Waals surface area contributed by atoms with Crippen LogP contribution < -0.4 is 5.32 Å². The Hall–Kier alpha value is -1.55. The fraction of sp³-hybridized carbons (Fsp3) is 0.562. The second kappa shape index (κ2) is 5.83. The van der Waals surface area contributed by atoms with Crippen LogP contribution in [0.4, 0.5) is 5.69 Å². The number of fused-ring (bicyclic) bond motifs is 1. The van der Waals surface area contributed by atoms with Gasteiger partial charge in [0.1, 0.15) is 0 Å². The summed E-state index contributed by atoms with van der Waals surface area (Å²) in [5.74, 6) is 0.160. The van der Waals surface area contributed by atoms with Crippen molar-refractivity contribution in [2.24, 2.45) is 0 Å². The van der Waals surface area contributed by atoms with Crippen LogP contribution in [0.15, 0.2) is 18.2 Å². The van der Waals surface area contributed by atoms with Crippen molar-refractivity contribution in [2.45, 2.75) is 31.8 Å². The van der Waals surface area contributed by atoms with Gasteiger partial charge in [-0.15, -0.1) is 0 Å². The summed E-state index contributed by atoms with van der Waals surface area (Å²) in [6.07, 6.45) is 4.40. The third-order valence-corrected chi connectivity index (χ3v) is 4.35. The van der Waals surface area contributed by atoms with Crippen LogP contribution in [0.5, 0.6) is 0 Å². The lowest BCUT2D eigenvalue weighted by atomic mass is 9.99. The topological polar surface area (TPSA) is 41.6 Å². The van der Waals surface area contributed by atoms with Crippen LogP contribution in [0, 0.1) is 0 Å². The number of amides is 1. The number of aryl methyl sites for hydroxylation is 1. The van der Waals surface area contributed by atoms with Crippen molar-refractivity contribution >= 4 is 11.6 Å². The number of nitrogens with zero attached hydrogens (tertiary/aromatic N) is 1. The molecule has 20 heavy (non-hydrogen) atoms. The summed E-state index contributed by atoms with van der Waals surface area (Å²) in [4.78, 5) is 14.5. The van der Waals surface area contributed by atoms with Gasteiger partial charge in [-0.2, -0.15) is 0 Å². The summed E-state index contributed by atoms with van der Waals surface area (Å²) in [6.45, 7) is 2.63. The van der Waals surface area contributed by atoms with Gasteiger partial charge in [-0.25, -0.2) is 0 Å². The number of hydrogen-bond acceptors (Lipinski definition) is 3. The van der Waals surface area contributed by atoms with Gasteiger partial charge in [0.05, 0.1) is 6.10 Å². The monoisotopic (exact) mass is 274 g/mol. The van der Waals surface area contributed by atoms with Gasteiger partial charge >= 0.3 is 0 Å². The number of carbonyl (C=O) groups is 1. The number of ether oxygens (including phenoxy) is 1. The van der Waals surface area contributed by atoms with E-state index in [2.05, 4.69) is 11.4 Å². The first-order valence-electron chi connectivity index (χ1n) is 7.47. The van der Waals surface area contributed by atoms with Gasteiger partial charge in [0.2, 0.25) is 0 Å². The standard InChI is InChI=1S/C16H22N2O2/c1-20-14-6-9-18(10-7-14)16(19)13-4-5-15-12(11-13)3-2-8-17-15/h4-5,11,14,17H,2-3,6-10H2,1H3. The van der Waals surface area contributed by atoms with E-state index in [1.807, 2.05) is 17.0 Å². The third-order valence-electron chi connectivity index (χ3n) is 4.35. The molecule has 1 amide bonds. The maximum Gasteiger partial charge on any atom is 0.253 e. The van der Waals surface area contributed by atoms with Crippen molar-refractivity contribution in [3.63, 3.8) is 0 Å². The molecule has 0 radical (unpaired) electrons. The van der Waals surface area contributed by atoms with Crippen molar-refractivity contribution in [2.75, 3.05) is 32.1 Å². The molecular weight excluding hydrogens is 252 g/mol. The number of hydrogen-bond donors (Lipinski definition) is 1. The first-order chi connectivity index (χ1) is 9.78. The highest BCUT2D eigenvalue weighted by Gasteiger charge is 2.24. The molecule has 1 aromatic carbocycles. The maximum absolute atomic E-state index is 12.5. The number of piperidine rings is 1. The number of nitrogens with one attached hydrogen (secondary N) is 1. The second-order valence-electron chi connectivity index (χ2n) is 5.63. The molecule has 0 spiro atoms. The zero-order chi connectivity index (χ0) is 13.9. The van der Waals surface area contributed by atoms with Crippen molar-refractivity contribution in [3.05, 3.63) is 29.3 Å². The summed E-state index contributed by atoms with van der Waals surface area (Å²) in [7, 11) is 1.75. The molecule has 2 aliphatic rings. The summed E-state index contributed by atoms with van der Waals surface area (Å²) in [6, 6.07) is 6.05. The molecule has 2 heterocycles. The highest BCUT2D eigenvalue weighted by molar-refractivity contribution is 5.95. The molecule has 4 nitrogen and oxygen atoms in total. The summed E-state index contributed by atoms with van der Waals surface area (Å²) >= 11 is 0. The predicted octanol–water partition coefficient (Wildman–Crippen LogP) is 2.30. The molecule has 1 N–H and O–H groups in total. The molecule has 2 aliphatic heterocycles. The van der Waals surface area contributed by atoms with Gasteiger partial charge in [0.25, 0.3) is 5.91 Å². The zero-order valence-corrected chi connectivity index (χ0v) is 12.0. The number of anilines is 1. The molecule has 1 aromatic rings. The van der Waals surface area contributed by atoms with Crippen LogP contribution in [0.2, 0.25) is 0 Å². The highest BCUT2D eigenvalue weighted by Crippen LogP contribution is 2.24. The van der Waals surface area contributed by atoms with Crippen LogP contribution in [-0.2, 0) is 11.2 Å². The Kier molecular flexibility index (Phi) is 3.92. The molecule has 108 valence electrons. The minimum atomic E-state index is 0.160. The molecule has 1 fully saturated rings. The third kappa shape index (κ3) is 2.66. The van der Waals surface area contributed by atoms with Crippen molar-refractivity contribution in [1.82, 2.24) is 4.90 Å². The average Bonchev–Trinajstić information content (AvgIpc) is 2.54. The summed E-state index contributed by atoms with van der Waals surface area (Å²) < 4.78 is 5.35. The number of carbonyl (C=O) groups excluding carboxylic acids is 1. The Bertz CT molecular complexity index is 493. The van der Waals surface area contributed by atoms with E-state index < -0.39 is 0 Å². The van der Waals surface area contributed by atoms with Crippen LogP contribution >= 0.6 is 0 Å². The SMILES string of the molecule is COC1CCN(C(=O)c2ccc3c(c2)CCCN3)CC1. The number of likely N-dealkylation sites (tertiary alicyclic amines) is 1. The Balaban J connectivity index is 1.71. The van der Waals surface area contributed by atoms with Gasteiger partial charge in [-0.1, -0.05) is 0 Å². The minimum Gasteiger partial charge on any atom is -0.385 e. The lowest BCUT2D eigenvalue weighted by Gasteiger charge is -2.31. The number of methoxy groups -OCH3 is 1. The van der Waals surface area contributed by atoms with Gasteiger partial charge in [0.15, 0.2) is 0 Å². The number of rotatable bonds is 2. The molecule has 1 saturated heterocycles. The van der Waals surface area contributed by atoms with E-state index in [9.17, 15) is 4.79 Å². The van der Waals surface area contributed by atoms with Gasteiger partial charge in [0, 0.05) is 38.0 Å². The Morgan fingerprint density at radius 3 is 2.90 bits per heavy atom. The normalized spacial score (nSPS) is 19.4. The lowest BCUT2D eigenvalue weighted by Crippen LogP contribution is -2.40. The van der Waals surface area contributed by atoms with E-state index in [1.165, 1.54) is 11.3 Å². The van der Waals surface area contributed by atoms with E-state index in [-0.39, 0.29) is 5.91 Å². The molecule has 0 bridgehead atoms. The Labute approximate surface area is 120 Å². The van der Waals surface area contributed by atoms with Crippen molar-refractivity contribution < 1.29 is 9.53 Å². The van der Waals surface area contributed by atoms with Crippen molar-refractivity contribution in [3.8, 4) is 0 Å². The smallest absolute Gasteiger partial charge is 0.253 e. The molecule has 0 unspecified atom stereocenters. The summed E-state index contributed by atoms with van der Waals surface area (Å²) in [5.41, 5.74) is 3.28. The van der Waals surface area contributed by atoms with Gasteiger partial charge in [-0.3, -0.25) is 4.79 Å². The minimum absolute atomic E-state index is 0.160. The van der Waals surface area contributed by atoms with Gasteiger partial charge in [-0.05, 0) is 49.4 Å². The van der Waals surface area contributed by atoms with Crippen LogP contribution in [0.3, 0.4) is 0 Å². The highest BCUT2D eigenvalue weighted by atomic mass is 16.5. The summed E-state index contributed by atoms with van der Waals surface area (Å²) in [5, 5.41) is 3.38.